The number of nitrogens with one attached hydrogen (secondary N) is 1. The molecule has 26 heavy (non-hydrogen) atoms. The number of rotatable bonds is 5. The molecule has 0 saturated carbocycles. The maximum atomic E-state index is 4.65. The van der Waals surface area contributed by atoms with E-state index in [2.05, 4.69) is 56.5 Å². The molecule has 0 spiro atoms. The lowest BCUT2D eigenvalue weighted by molar-refractivity contribution is 0.443. The molecule has 0 radical (unpaired) electrons. The minimum atomic E-state index is 0.619. The van der Waals surface area contributed by atoms with Crippen LogP contribution in [0.1, 0.15) is 18.4 Å². The molecule has 0 bridgehead atoms. The summed E-state index contributed by atoms with van der Waals surface area (Å²) in [5.74, 6) is 1.05. The summed E-state index contributed by atoms with van der Waals surface area (Å²) in [6.07, 6.45) is 6.16. The number of nitrogens with zero attached hydrogens (tertiary/aromatic N) is 5. The normalized spacial score (nSPS) is 15.5. The molecule has 6 nitrogen and oxygen atoms in total. The summed E-state index contributed by atoms with van der Waals surface area (Å²) in [6.45, 7) is 2.92. The van der Waals surface area contributed by atoms with Gasteiger partial charge in [0.2, 0.25) is 0 Å². The van der Waals surface area contributed by atoms with Crippen molar-refractivity contribution < 1.29 is 0 Å². The van der Waals surface area contributed by atoms with Gasteiger partial charge >= 0.3 is 0 Å². The van der Waals surface area contributed by atoms with E-state index in [1.54, 1.807) is 0 Å². The number of aromatic nitrogens is 3. The lowest BCUT2D eigenvalue weighted by atomic mass is 10.1. The highest BCUT2D eigenvalue weighted by Crippen LogP contribution is 2.26. The van der Waals surface area contributed by atoms with Gasteiger partial charge < -0.3 is 15.1 Å². The average Bonchev–Trinajstić information content (AvgIpc) is 3.13. The molecule has 1 fully saturated rings. The Morgan fingerprint density at radius 3 is 2.65 bits per heavy atom. The number of anilines is 2. The standard InChI is InChI=1S/C20H26N6/c1-21-17-9-12-25(13-10-17)18-14-23-26-19(8-11-22-20(18)26)24(2)15-16-6-4-3-5-7-16/h3-8,11,14,17,21H,9-10,12-13,15H2,1-2H3. The van der Waals surface area contributed by atoms with Crippen LogP contribution in [0.25, 0.3) is 5.65 Å². The first-order chi connectivity index (χ1) is 12.8. The largest absolute Gasteiger partial charge is 0.367 e. The molecule has 3 aromatic rings. The second-order valence-corrected chi connectivity index (χ2v) is 6.96. The third kappa shape index (κ3) is 3.24. The molecular weight excluding hydrogens is 324 g/mol. The Balaban J connectivity index is 1.59. The van der Waals surface area contributed by atoms with Crippen LogP contribution in [0.5, 0.6) is 0 Å². The van der Waals surface area contributed by atoms with E-state index in [9.17, 15) is 0 Å². The van der Waals surface area contributed by atoms with Crippen molar-refractivity contribution in [1.29, 1.82) is 0 Å². The number of benzene rings is 1. The second kappa shape index (κ2) is 7.33. The third-order valence-corrected chi connectivity index (χ3v) is 5.26. The molecule has 4 rings (SSSR count). The van der Waals surface area contributed by atoms with E-state index < -0.39 is 0 Å². The molecule has 6 heteroatoms. The zero-order valence-corrected chi connectivity index (χ0v) is 15.5. The fraction of sp³-hybridized carbons (Fsp3) is 0.400. The first kappa shape index (κ1) is 16.8. The molecule has 1 N–H and O–H groups in total. The molecule has 0 atom stereocenters. The SMILES string of the molecule is CNC1CCN(c2cnn3c(N(C)Cc4ccccc4)ccnc23)CC1. The summed E-state index contributed by atoms with van der Waals surface area (Å²) in [5.41, 5.74) is 3.35. The van der Waals surface area contributed by atoms with Gasteiger partial charge in [-0.25, -0.2) is 4.98 Å². The van der Waals surface area contributed by atoms with Crippen LogP contribution in [0.15, 0.2) is 48.8 Å². The Morgan fingerprint density at radius 2 is 1.92 bits per heavy atom. The van der Waals surface area contributed by atoms with Crippen molar-refractivity contribution in [2.75, 3.05) is 37.0 Å². The van der Waals surface area contributed by atoms with E-state index in [-0.39, 0.29) is 0 Å². The van der Waals surface area contributed by atoms with E-state index in [1.807, 2.05) is 36.1 Å². The molecule has 1 aliphatic heterocycles. The summed E-state index contributed by atoms with van der Waals surface area (Å²) < 4.78 is 1.96. The van der Waals surface area contributed by atoms with Gasteiger partial charge in [0.15, 0.2) is 5.65 Å². The number of fused-ring (bicyclic) bond motifs is 1. The first-order valence-corrected chi connectivity index (χ1v) is 9.26. The quantitative estimate of drug-likeness (QED) is 0.766. The Hall–Kier alpha value is -2.60. The number of hydrogen-bond acceptors (Lipinski definition) is 5. The van der Waals surface area contributed by atoms with Gasteiger partial charge in [-0.2, -0.15) is 9.61 Å². The zero-order valence-electron chi connectivity index (χ0n) is 15.5. The van der Waals surface area contributed by atoms with Gasteiger partial charge in [0.25, 0.3) is 0 Å². The highest BCUT2D eigenvalue weighted by Gasteiger charge is 2.22. The minimum Gasteiger partial charge on any atom is -0.367 e. The fourth-order valence-corrected chi connectivity index (χ4v) is 3.73. The molecule has 1 aromatic carbocycles. The zero-order chi connectivity index (χ0) is 17.9. The predicted octanol–water partition coefficient (Wildman–Crippen LogP) is 2.55. The summed E-state index contributed by atoms with van der Waals surface area (Å²) >= 11 is 0. The Bertz CT molecular complexity index is 851. The van der Waals surface area contributed by atoms with Gasteiger partial charge in [-0.1, -0.05) is 30.3 Å². The summed E-state index contributed by atoms with van der Waals surface area (Å²) in [7, 11) is 4.15. The van der Waals surface area contributed by atoms with Crippen LogP contribution in [0.4, 0.5) is 11.5 Å². The van der Waals surface area contributed by atoms with Crippen molar-refractivity contribution in [3.05, 3.63) is 54.4 Å². The lowest BCUT2D eigenvalue weighted by Crippen LogP contribution is -2.41. The topological polar surface area (TPSA) is 48.7 Å². The van der Waals surface area contributed by atoms with Crippen molar-refractivity contribution in [1.82, 2.24) is 19.9 Å². The monoisotopic (exact) mass is 350 g/mol. The van der Waals surface area contributed by atoms with E-state index in [4.69, 9.17) is 0 Å². The van der Waals surface area contributed by atoms with Gasteiger partial charge in [-0.15, -0.1) is 0 Å². The summed E-state index contributed by atoms with van der Waals surface area (Å²) in [5, 5.41) is 8.04. The maximum Gasteiger partial charge on any atom is 0.180 e. The molecule has 3 heterocycles. The Labute approximate surface area is 154 Å². The van der Waals surface area contributed by atoms with Crippen LogP contribution in [0.3, 0.4) is 0 Å². The van der Waals surface area contributed by atoms with Gasteiger partial charge in [0, 0.05) is 38.9 Å². The van der Waals surface area contributed by atoms with Crippen LogP contribution in [0.2, 0.25) is 0 Å². The van der Waals surface area contributed by atoms with Crippen molar-refractivity contribution >= 4 is 17.2 Å². The van der Waals surface area contributed by atoms with Crippen molar-refractivity contribution in [2.24, 2.45) is 0 Å². The summed E-state index contributed by atoms with van der Waals surface area (Å²) in [6, 6.07) is 13.1. The Kier molecular flexibility index (Phi) is 4.75. The first-order valence-electron chi connectivity index (χ1n) is 9.26. The van der Waals surface area contributed by atoms with Crippen LogP contribution >= 0.6 is 0 Å². The highest BCUT2D eigenvalue weighted by atomic mass is 15.4. The van der Waals surface area contributed by atoms with Gasteiger partial charge in [-0.3, -0.25) is 0 Å². The maximum absolute atomic E-state index is 4.65. The third-order valence-electron chi connectivity index (χ3n) is 5.26. The van der Waals surface area contributed by atoms with Crippen LogP contribution < -0.4 is 15.1 Å². The number of hydrogen-bond donors (Lipinski definition) is 1. The van der Waals surface area contributed by atoms with E-state index >= 15 is 0 Å². The molecular formula is C20H26N6. The fourth-order valence-electron chi connectivity index (χ4n) is 3.73. The van der Waals surface area contributed by atoms with Crippen LogP contribution in [-0.4, -0.2) is 47.8 Å². The Morgan fingerprint density at radius 1 is 1.15 bits per heavy atom. The molecule has 0 aliphatic carbocycles. The van der Waals surface area contributed by atoms with Gasteiger partial charge in [-0.05, 0) is 31.5 Å². The minimum absolute atomic E-state index is 0.619. The van der Waals surface area contributed by atoms with E-state index in [0.717, 1.165) is 49.6 Å². The van der Waals surface area contributed by atoms with Gasteiger partial charge in [0.1, 0.15) is 11.5 Å². The molecule has 1 saturated heterocycles. The second-order valence-electron chi connectivity index (χ2n) is 6.96. The predicted molar refractivity (Wildman–Crippen MR) is 106 cm³/mol. The number of piperidine rings is 1. The van der Waals surface area contributed by atoms with Crippen molar-refractivity contribution in [3.8, 4) is 0 Å². The molecule has 1 aliphatic rings. The van der Waals surface area contributed by atoms with E-state index in [1.165, 1.54) is 5.56 Å². The van der Waals surface area contributed by atoms with E-state index in [0.29, 0.717) is 6.04 Å². The molecule has 136 valence electrons. The smallest absolute Gasteiger partial charge is 0.180 e. The highest BCUT2D eigenvalue weighted by molar-refractivity contribution is 5.70. The molecule has 2 aromatic heterocycles. The lowest BCUT2D eigenvalue weighted by Gasteiger charge is -2.32. The molecule has 0 unspecified atom stereocenters. The average molecular weight is 350 g/mol. The van der Waals surface area contributed by atoms with Gasteiger partial charge in [0.05, 0.1) is 6.20 Å². The molecule has 0 amide bonds. The van der Waals surface area contributed by atoms with Crippen molar-refractivity contribution in [3.63, 3.8) is 0 Å². The summed E-state index contributed by atoms with van der Waals surface area (Å²) in [4.78, 5) is 9.25. The van der Waals surface area contributed by atoms with Crippen LogP contribution in [0, 0.1) is 0 Å². The van der Waals surface area contributed by atoms with Crippen molar-refractivity contribution in [2.45, 2.75) is 25.4 Å². The van der Waals surface area contributed by atoms with Crippen LogP contribution in [-0.2, 0) is 6.54 Å².